The van der Waals surface area contributed by atoms with Gasteiger partial charge in [-0.15, -0.1) is 0 Å². The molecular weight excluding hydrogens is 402 g/mol. The average Bonchev–Trinajstić information content (AvgIpc) is 2.77. The minimum Gasteiger partial charge on any atom is -0.394 e. The van der Waals surface area contributed by atoms with Crippen molar-refractivity contribution >= 4 is 32.1 Å². The first-order valence-corrected chi connectivity index (χ1v) is 11.5. The first-order chi connectivity index (χ1) is 14.4. The molecule has 0 bridgehead atoms. The fraction of sp³-hybridized carbons (Fsp3) is 0.409. The first kappa shape index (κ1) is 22.2. The van der Waals surface area contributed by atoms with Crippen molar-refractivity contribution < 1.29 is 18.6 Å². The molecule has 3 N–H and O–H groups in total. The number of piperidine rings is 1. The van der Waals surface area contributed by atoms with Gasteiger partial charge in [0.25, 0.3) is 10.0 Å². The summed E-state index contributed by atoms with van der Waals surface area (Å²) in [4.78, 5) is 1.98. The van der Waals surface area contributed by atoms with Crippen LogP contribution in [0, 0.1) is 11.3 Å². The summed E-state index contributed by atoms with van der Waals surface area (Å²) in [6.07, 6.45) is 2.46. The van der Waals surface area contributed by atoms with Gasteiger partial charge in [0.05, 0.1) is 12.7 Å². The quantitative estimate of drug-likeness (QED) is 0.582. The van der Waals surface area contributed by atoms with E-state index in [-0.39, 0.29) is 6.54 Å². The van der Waals surface area contributed by atoms with Gasteiger partial charge in [-0.25, -0.2) is 13.1 Å². The molecule has 1 saturated heterocycles. The lowest BCUT2D eigenvalue weighted by Gasteiger charge is -2.29. The van der Waals surface area contributed by atoms with Gasteiger partial charge >= 0.3 is 0 Å². The van der Waals surface area contributed by atoms with E-state index in [0.717, 1.165) is 23.9 Å². The third kappa shape index (κ3) is 4.99. The second-order valence-electron chi connectivity index (χ2n) is 7.55. The zero-order valence-corrected chi connectivity index (χ0v) is 17.8. The number of sulfonamides is 1. The summed E-state index contributed by atoms with van der Waals surface area (Å²) in [7, 11) is -4.11. The zero-order valence-electron chi connectivity index (χ0n) is 17.0. The Labute approximate surface area is 177 Å². The molecule has 3 rings (SSSR count). The van der Waals surface area contributed by atoms with E-state index in [4.69, 9.17) is 5.11 Å². The van der Waals surface area contributed by atoms with E-state index >= 15 is 0 Å². The monoisotopic (exact) mass is 429 g/mol. The maximum absolute atomic E-state index is 12.5. The van der Waals surface area contributed by atoms with Crippen molar-refractivity contribution in [3.63, 3.8) is 0 Å². The van der Waals surface area contributed by atoms with Gasteiger partial charge in [-0.1, -0.05) is 18.2 Å². The van der Waals surface area contributed by atoms with Gasteiger partial charge in [0, 0.05) is 25.3 Å². The van der Waals surface area contributed by atoms with Gasteiger partial charge in [-0.3, -0.25) is 0 Å². The number of anilines is 1. The van der Waals surface area contributed by atoms with Crippen molar-refractivity contribution in [3.8, 4) is 6.07 Å². The number of nitrogens with zero attached hydrogens (tertiary/aromatic N) is 2. The molecule has 1 aliphatic rings. The highest BCUT2D eigenvalue weighted by atomic mass is 32.2. The molecule has 30 heavy (non-hydrogen) atoms. The molecule has 2 aromatic carbocycles. The summed E-state index contributed by atoms with van der Waals surface area (Å²) in [5, 5.41) is 29.7. The van der Waals surface area contributed by atoms with Crippen LogP contribution in [0.4, 0.5) is 5.69 Å². The van der Waals surface area contributed by atoms with Crippen LogP contribution in [0.15, 0.2) is 41.3 Å². The molecule has 8 heteroatoms. The Hall–Kier alpha value is -2.44. The summed E-state index contributed by atoms with van der Waals surface area (Å²) < 4.78 is 27.1. The van der Waals surface area contributed by atoms with E-state index in [9.17, 15) is 18.8 Å². The molecule has 1 unspecified atom stereocenters. The van der Waals surface area contributed by atoms with E-state index < -0.39 is 27.6 Å². The van der Waals surface area contributed by atoms with Crippen LogP contribution in [0.5, 0.6) is 0 Å². The number of rotatable bonds is 7. The van der Waals surface area contributed by atoms with Gasteiger partial charge in [-0.2, -0.15) is 5.26 Å². The number of hydrogen-bond donors (Lipinski definition) is 3. The van der Waals surface area contributed by atoms with Crippen LogP contribution in [0.1, 0.15) is 31.7 Å². The lowest BCUT2D eigenvalue weighted by molar-refractivity contribution is 0.0989. The molecule has 0 saturated carbocycles. The number of hydrogen-bond acceptors (Lipinski definition) is 6. The molecule has 1 heterocycles. The van der Waals surface area contributed by atoms with Crippen molar-refractivity contribution in [3.05, 3.63) is 46.9 Å². The molecule has 0 aliphatic carbocycles. The van der Waals surface area contributed by atoms with Crippen molar-refractivity contribution in [2.24, 2.45) is 0 Å². The Kier molecular flexibility index (Phi) is 7.10. The fourth-order valence-electron chi connectivity index (χ4n) is 3.63. The molecule has 1 aliphatic heterocycles. The Bertz CT molecular complexity index is 1080. The zero-order chi connectivity index (χ0) is 21.7. The highest BCUT2D eigenvalue weighted by molar-refractivity contribution is 7.93. The van der Waals surface area contributed by atoms with Gasteiger partial charge in [0.1, 0.15) is 6.07 Å². The van der Waals surface area contributed by atoms with Gasteiger partial charge < -0.3 is 15.1 Å². The molecular formula is C22H27N3O4S. The number of benzene rings is 2. The van der Waals surface area contributed by atoms with Crippen molar-refractivity contribution in [2.45, 2.75) is 32.3 Å². The number of nitriles is 1. The number of fused-ring (bicyclic) bond motifs is 1. The third-order valence-electron chi connectivity index (χ3n) is 5.41. The van der Waals surface area contributed by atoms with E-state index in [2.05, 4.69) is 21.8 Å². The number of allylic oxidation sites excluding steroid dienone is 2. The van der Waals surface area contributed by atoms with Crippen molar-refractivity contribution in [1.82, 2.24) is 4.72 Å². The molecule has 0 spiro atoms. The van der Waals surface area contributed by atoms with Crippen molar-refractivity contribution in [1.29, 1.82) is 5.26 Å². The number of nitrogens with one attached hydrogen (secondary N) is 1. The van der Waals surface area contributed by atoms with Crippen LogP contribution in [-0.2, 0) is 10.0 Å². The third-order valence-corrected chi connectivity index (χ3v) is 6.89. The van der Waals surface area contributed by atoms with Gasteiger partial charge in [-0.05, 0) is 66.3 Å². The minimum atomic E-state index is -4.11. The van der Waals surface area contributed by atoms with Gasteiger partial charge in [0.15, 0.2) is 4.91 Å². The van der Waals surface area contributed by atoms with Crippen LogP contribution in [-0.4, -0.2) is 51.0 Å². The van der Waals surface area contributed by atoms with Crippen LogP contribution in [0.3, 0.4) is 0 Å². The lowest BCUT2D eigenvalue weighted by Crippen LogP contribution is -2.34. The SMILES string of the molecule is C/C(=C(\C#N)S(=O)(=O)NCC(O)CO)c1ccc2cc(N3CCCCC3)ccc2c1. The summed E-state index contributed by atoms with van der Waals surface area (Å²) in [5.41, 5.74) is 2.15. The summed E-state index contributed by atoms with van der Waals surface area (Å²) >= 11 is 0. The summed E-state index contributed by atoms with van der Waals surface area (Å²) in [6, 6.07) is 13.6. The van der Waals surface area contributed by atoms with Crippen LogP contribution in [0.2, 0.25) is 0 Å². The highest BCUT2D eigenvalue weighted by Crippen LogP contribution is 2.29. The lowest BCUT2D eigenvalue weighted by atomic mass is 10.0. The Balaban J connectivity index is 1.91. The fourth-order valence-corrected chi connectivity index (χ4v) is 4.83. The second kappa shape index (κ2) is 9.58. The predicted octanol–water partition coefficient (Wildman–Crippen LogP) is 2.36. The summed E-state index contributed by atoms with van der Waals surface area (Å²) in [6.45, 7) is 2.77. The first-order valence-electron chi connectivity index (χ1n) is 10.0. The maximum atomic E-state index is 12.5. The molecule has 0 amide bonds. The van der Waals surface area contributed by atoms with Crippen LogP contribution < -0.4 is 9.62 Å². The molecule has 0 aromatic heterocycles. The molecule has 160 valence electrons. The molecule has 2 aromatic rings. The Morgan fingerprint density at radius 3 is 2.50 bits per heavy atom. The topological polar surface area (TPSA) is 114 Å². The van der Waals surface area contributed by atoms with E-state index in [0.29, 0.717) is 11.1 Å². The minimum absolute atomic E-state index is 0.325. The maximum Gasteiger partial charge on any atom is 0.251 e. The number of aliphatic hydroxyl groups is 2. The van der Waals surface area contributed by atoms with Crippen LogP contribution >= 0.6 is 0 Å². The Morgan fingerprint density at radius 1 is 1.17 bits per heavy atom. The van der Waals surface area contributed by atoms with E-state index in [1.807, 2.05) is 24.3 Å². The van der Waals surface area contributed by atoms with Gasteiger partial charge in [0.2, 0.25) is 0 Å². The van der Waals surface area contributed by atoms with E-state index in [1.165, 1.54) is 24.9 Å². The van der Waals surface area contributed by atoms with E-state index in [1.54, 1.807) is 13.0 Å². The normalized spacial score (nSPS) is 16.8. The highest BCUT2D eigenvalue weighted by Gasteiger charge is 2.22. The standard InChI is InChI=1S/C22H27N3O4S/c1-16(22(13-23)30(28,29)24-14-21(27)15-26)17-5-6-19-12-20(8-7-18(19)11-17)25-9-3-2-4-10-25/h5-8,11-12,21,24,26-27H,2-4,9-10,14-15H2,1H3/b22-16-. The largest absolute Gasteiger partial charge is 0.394 e. The molecule has 1 atom stereocenters. The predicted molar refractivity (Wildman–Crippen MR) is 118 cm³/mol. The Morgan fingerprint density at radius 2 is 1.83 bits per heavy atom. The summed E-state index contributed by atoms with van der Waals surface area (Å²) in [5.74, 6) is 0. The smallest absolute Gasteiger partial charge is 0.251 e. The van der Waals surface area contributed by atoms with Crippen molar-refractivity contribution in [2.75, 3.05) is 31.1 Å². The second-order valence-corrected chi connectivity index (χ2v) is 9.25. The average molecular weight is 430 g/mol. The molecule has 7 nitrogen and oxygen atoms in total. The molecule has 1 fully saturated rings. The molecule has 0 radical (unpaired) electrons. The number of aliphatic hydroxyl groups excluding tert-OH is 2. The van der Waals surface area contributed by atoms with Crippen LogP contribution in [0.25, 0.3) is 16.3 Å².